The number of nitrogens with zero attached hydrogens (tertiary/aromatic N) is 3. The number of carbonyl (C=O) groups excluding carboxylic acids is 2. The molecule has 2 amide bonds. The second-order valence-corrected chi connectivity index (χ2v) is 7.26. The van der Waals surface area contributed by atoms with E-state index in [1.54, 1.807) is 17.4 Å². The van der Waals surface area contributed by atoms with E-state index < -0.39 is 5.60 Å². The van der Waals surface area contributed by atoms with E-state index in [0.29, 0.717) is 26.2 Å². The van der Waals surface area contributed by atoms with Crippen molar-refractivity contribution in [3.63, 3.8) is 0 Å². The van der Waals surface area contributed by atoms with Gasteiger partial charge in [0.25, 0.3) is 0 Å². The smallest absolute Gasteiger partial charge is 0.229 e. The molecule has 3 fully saturated rings. The summed E-state index contributed by atoms with van der Waals surface area (Å²) in [5.74, 6) is -0.722. The van der Waals surface area contributed by atoms with Gasteiger partial charge in [0, 0.05) is 38.6 Å². The van der Waals surface area contributed by atoms with Crippen molar-refractivity contribution in [3.05, 3.63) is 18.7 Å². The van der Waals surface area contributed by atoms with Crippen molar-refractivity contribution in [2.75, 3.05) is 26.2 Å². The van der Waals surface area contributed by atoms with E-state index in [0.717, 1.165) is 25.8 Å². The maximum atomic E-state index is 12.8. The molecule has 0 aromatic carbocycles. The summed E-state index contributed by atoms with van der Waals surface area (Å²) in [6.45, 7) is 2.93. The third-order valence-corrected chi connectivity index (χ3v) is 5.75. The van der Waals surface area contributed by atoms with Crippen molar-refractivity contribution in [2.45, 2.75) is 37.5 Å². The molecule has 3 N–H and O–H groups in total. The van der Waals surface area contributed by atoms with Gasteiger partial charge in [-0.2, -0.15) is 0 Å². The first-order valence-corrected chi connectivity index (χ1v) is 9.05. The molecule has 8 nitrogen and oxygen atoms in total. The summed E-state index contributed by atoms with van der Waals surface area (Å²) in [7, 11) is 0. The second kappa shape index (κ2) is 6.42. The minimum absolute atomic E-state index is 0.0335. The molecule has 0 radical (unpaired) electrons. The highest BCUT2D eigenvalue weighted by Crippen LogP contribution is 2.55. The monoisotopic (exact) mass is 347 g/mol. The van der Waals surface area contributed by atoms with Gasteiger partial charge in [-0.3, -0.25) is 9.59 Å². The van der Waals surface area contributed by atoms with Gasteiger partial charge in [-0.1, -0.05) is 0 Å². The topological polar surface area (TPSA) is 102 Å². The Hall–Kier alpha value is -1.93. The SMILES string of the molecule is NCCN1C[C@]23CC[C@H](O2)[C@H](C(=O)NCCCn2ccnc2)[C@@H]3C1=O. The standard InChI is InChI=1S/C17H25N5O3/c18-4-8-22-10-17-3-2-12(25-17)13(14(17)16(22)24)15(23)20-5-1-7-21-9-6-19-11-21/h6,9,11-14H,1-5,7-8,10,18H2,(H,20,23)/t12-,13-,14+,17-/m0/s1. The Labute approximate surface area is 146 Å². The molecule has 0 saturated carbocycles. The number of ether oxygens (including phenoxy) is 1. The van der Waals surface area contributed by atoms with Crippen LogP contribution in [-0.4, -0.2) is 64.1 Å². The number of nitrogens with two attached hydrogens (primary N) is 1. The molecule has 1 spiro atoms. The van der Waals surface area contributed by atoms with Gasteiger partial charge in [0.1, 0.15) is 0 Å². The Kier molecular flexibility index (Phi) is 4.24. The van der Waals surface area contributed by atoms with Crippen LogP contribution in [0.5, 0.6) is 0 Å². The van der Waals surface area contributed by atoms with Gasteiger partial charge in [-0.15, -0.1) is 0 Å². The number of rotatable bonds is 7. The van der Waals surface area contributed by atoms with Crippen LogP contribution in [0.3, 0.4) is 0 Å². The third kappa shape index (κ3) is 2.73. The molecule has 4 heterocycles. The fourth-order valence-electron chi connectivity index (χ4n) is 4.70. The van der Waals surface area contributed by atoms with Crippen LogP contribution in [0.1, 0.15) is 19.3 Å². The molecular formula is C17H25N5O3. The summed E-state index contributed by atoms with van der Waals surface area (Å²) in [5, 5.41) is 3.00. The van der Waals surface area contributed by atoms with Crippen LogP contribution in [0.25, 0.3) is 0 Å². The van der Waals surface area contributed by atoms with Gasteiger partial charge in [0.2, 0.25) is 11.8 Å². The molecule has 3 aliphatic rings. The Bertz CT molecular complexity index is 649. The van der Waals surface area contributed by atoms with E-state index >= 15 is 0 Å². The summed E-state index contributed by atoms with van der Waals surface area (Å²) in [6, 6.07) is 0. The summed E-state index contributed by atoms with van der Waals surface area (Å²) >= 11 is 0. The lowest BCUT2D eigenvalue weighted by atomic mass is 9.73. The number of nitrogens with one attached hydrogen (secondary N) is 1. The van der Waals surface area contributed by atoms with Gasteiger partial charge >= 0.3 is 0 Å². The van der Waals surface area contributed by atoms with Crippen LogP contribution >= 0.6 is 0 Å². The number of aryl methyl sites for hydroxylation is 1. The highest BCUT2D eigenvalue weighted by Gasteiger charge is 2.68. The molecule has 0 aliphatic carbocycles. The number of hydrogen-bond donors (Lipinski definition) is 2. The lowest BCUT2D eigenvalue weighted by Crippen LogP contribution is -2.46. The number of likely N-dealkylation sites (tertiary alicyclic amines) is 1. The van der Waals surface area contributed by atoms with E-state index in [4.69, 9.17) is 10.5 Å². The number of fused-ring (bicyclic) bond motifs is 1. The molecule has 4 rings (SSSR count). The average molecular weight is 347 g/mol. The molecule has 8 heteroatoms. The zero-order chi connectivity index (χ0) is 17.4. The molecule has 0 unspecified atom stereocenters. The maximum absolute atomic E-state index is 12.8. The Morgan fingerprint density at radius 3 is 3.12 bits per heavy atom. The van der Waals surface area contributed by atoms with E-state index in [2.05, 4.69) is 10.3 Å². The van der Waals surface area contributed by atoms with Crippen LogP contribution < -0.4 is 11.1 Å². The molecule has 3 aliphatic heterocycles. The molecule has 1 aromatic heterocycles. The first-order chi connectivity index (χ1) is 12.1. The fourth-order valence-corrected chi connectivity index (χ4v) is 4.70. The summed E-state index contributed by atoms with van der Waals surface area (Å²) in [5.41, 5.74) is 5.15. The Morgan fingerprint density at radius 2 is 2.36 bits per heavy atom. The van der Waals surface area contributed by atoms with E-state index in [1.807, 2.05) is 10.8 Å². The third-order valence-electron chi connectivity index (χ3n) is 5.75. The minimum atomic E-state index is -0.463. The number of amides is 2. The Morgan fingerprint density at radius 1 is 1.48 bits per heavy atom. The lowest BCUT2D eigenvalue weighted by Gasteiger charge is -2.27. The van der Waals surface area contributed by atoms with Crippen LogP contribution in [0.4, 0.5) is 0 Å². The second-order valence-electron chi connectivity index (χ2n) is 7.26. The predicted octanol–water partition coefficient (Wildman–Crippen LogP) is -0.646. The first-order valence-electron chi connectivity index (χ1n) is 9.05. The highest BCUT2D eigenvalue weighted by atomic mass is 16.5. The van der Waals surface area contributed by atoms with Crippen LogP contribution in [0.2, 0.25) is 0 Å². The fraction of sp³-hybridized carbons (Fsp3) is 0.706. The highest BCUT2D eigenvalue weighted by molar-refractivity contribution is 5.92. The van der Waals surface area contributed by atoms with Gasteiger partial charge < -0.3 is 25.3 Å². The number of hydrogen-bond acceptors (Lipinski definition) is 5. The lowest BCUT2D eigenvalue weighted by molar-refractivity contribution is -0.138. The van der Waals surface area contributed by atoms with Crippen molar-refractivity contribution < 1.29 is 14.3 Å². The van der Waals surface area contributed by atoms with E-state index in [1.165, 1.54) is 0 Å². The molecule has 4 atom stereocenters. The van der Waals surface area contributed by atoms with Crippen molar-refractivity contribution in [1.29, 1.82) is 0 Å². The normalized spacial score (nSPS) is 33.1. The summed E-state index contributed by atoms with van der Waals surface area (Å²) in [4.78, 5) is 31.3. The molecule has 2 bridgehead atoms. The van der Waals surface area contributed by atoms with Crippen molar-refractivity contribution in [2.24, 2.45) is 17.6 Å². The number of carbonyl (C=O) groups is 2. The van der Waals surface area contributed by atoms with Crippen molar-refractivity contribution in [3.8, 4) is 0 Å². The Balaban J connectivity index is 1.37. The van der Waals surface area contributed by atoms with Crippen molar-refractivity contribution >= 4 is 11.8 Å². The van der Waals surface area contributed by atoms with E-state index in [-0.39, 0.29) is 29.8 Å². The van der Waals surface area contributed by atoms with Gasteiger partial charge in [0.05, 0.1) is 36.4 Å². The molecule has 1 aromatic rings. The maximum Gasteiger partial charge on any atom is 0.229 e. The molecular weight excluding hydrogens is 322 g/mol. The van der Waals surface area contributed by atoms with Crippen molar-refractivity contribution in [1.82, 2.24) is 19.8 Å². The van der Waals surface area contributed by atoms with Crippen LogP contribution in [0, 0.1) is 11.8 Å². The number of aromatic nitrogens is 2. The van der Waals surface area contributed by atoms with Gasteiger partial charge in [-0.05, 0) is 19.3 Å². The van der Waals surface area contributed by atoms with Gasteiger partial charge in [-0.25, -0.2) is 4.98 Å². The number of imidazole rings is 1. The average Bonchev–Trinajstić information content (AvgIpc) is 3.35. The summed E-state index contributed by atoms with van der Waals surface area (Å²) < 4.78 is 8.13. The minimum Gasteiger partial charge on any atom is -0.368 e. The van der Waals surface area contributed by atoms with Crippen LogP contribution in [0.15, 0.2) is 18.7 Å². The zero-order valence-electron chi connectivity index (χ0n) is 14.3. The quantitative estimate of drug-likeness (QED) is 0.639. The molecule has 136 valence electrons. The summed E-state index contributed by atoms with van der Waals surface area (Å²) in [6.07, 6.45) is 7.82. The van der Waals surface area contributed by atoms with Gasteiger partial charge in [0.15, 0.2) is 0 Å². The zero-order valence-corrected chi connectivity index (χ0v) is 14.3. The molecule has 3 saturated heterocycles. The van der Waals surface area contributed by atoms with Crippen LogP contribution in [-0.2, 0) is 20.9 Å². The van der Waals surface area contributed by atoms with E-state index in [9.17, 15) is 9.59 Å². The molecule has 25 heavy (non-hydrogen) atoms. The largest absolute Gasteiger partial charge is 0.368 e. The first kappa shape index (κ1) is 16.5. The predicted molar refractivity (Wildman–Crippen MR) is 89.3 cm³/mol.